The Balaban J connectivity index is 1.39. The number of oxazole rings is 1. The van der Waals surface area contributed by atoms with Gasteiger partial charge in [-0.15, -0.1) is 10.2 Å². The Morgan fingerprint density at radius 2 is 1.96 bits per heavy atom. The van der Waals surface area contributed by atoms with Gasteiger partial charge >= 0.3 is 0 Å². The monoisotopic (exact) mass is 369 g/mol. The highest BCUT2D eigenvalue weighted by atomic mass is 32.2. The molecule has 5 nitrogen and oxygen atoms in total. The van der Waals surface area contributed by atoms with E-state index in [-0.39, 0.29) is 0 Å². The van der Waals surface area contributed by atoms with Crippen LogP contribution in [-0.4, -0.2) is 15.2 Å². The molecule has 0 saturated heterocycles. The summed E-state index contributed by atoms with van der Waals surface area (Å²) >= 11 is 1.51. The molecule has 0 radical (unpaired) electrons. The molecule has 0 bridgehead atoms. The summed E-state index contributed by atoms with van der Waals surface area (Å²) in [6.07, 6.45) is 7.87. The molecule has 4 rings (SSSR count). The fourth-order valence-corrected chi connectivity index (χ4v) is 4.13. The predicted octanol–water partition coefficient (Wildman–Crippen LogP) is 5.68. The third kappa shape index (κ3) is 3.85. The molecule has 1 aromatic carbocycles. The first-order valence-corrected chi connectivity index (χ1v) is 10.2. The van der Waals surface area contributed by atoms with E-state index in [1.54, 1.807) is 6.26 Å². The van der Waals surface area contributed by atoms with Crippen LogP contribution in [0, 0.1) is 13.8 Å². The lowest BCUT2D eigenvalue weighted by atomic mass is 9.89. The van der Waals surface area contributed by atoms with Crippen LogP contribution in [0.25, 0.3) is 11.5 Å². The van der Waals surface area contributed by atoms with Crippen LogP contribution in [0.5, 0.6) is 0 Å². The van der Waals surface area contributed by atoms with Gasteiger partial charge in [0, 0.05) is 17.2 Å². The Kier molecular flexibility index (Phi) is 5.11. The summed E-state index contributed by atoms with van der Waals surface area (Å²) in [5.41, 5.74) is 4.31. The van der Waals surface area contributed by atoms with Crippen molar-refractivity contribution >= 4 is 11.8 Å². The lowest BCUT2D eigenvalue weighted by Crippen LogP contribution is -2.04. The van der Waals surface area contributed by atoms with E-state index in [1.807, 2.05) is 0 Å². The molecule has 1 aliphatic rings. The molecule has 0 N–H and O–H groups in total. The van der Waals surface area contributed by atoms with Crippen molar-refractivity contribution in [2.75, 3.05) is 0 Å². The van der Waals surface area contributed by atoms with E-state index < -0.39 is 0 Å². The van der Waals surface area contributed by atoms with Crippen LogP contribution in [-0.2, 0) is 5.75 Å². The minimum absolute atomic E-state index is 0.439. The van der Waals surface area contributed by atoms with Gasteiger partial charge in [-0.25, -0.2) is 4.98 Å². The third-order valence-corrected chi connectivity index (χ3v) is 5.74. The van der Waals surface area contributed by atoms with Crippen molar-refractivity contribution in [2.24, 2.45) is 0 Å². The molecule has 1 aliphatic carbocycles. The number of thioether (sulfide) groups is 1. The van der Waals surface area contributed by atoms with Gasteiger partial charge in [0.1, 0.15) is 6.26 Å². The number of benzene rings is 1. The zero-order valence-corrected chi connectivity index (χ0v) is 16.0. The molecule has 1 saturated carbocycles. The van der Waals surface area contributed by atoms with Crippen LogP contribution in [0.2, 0.25) is 0 Å². The van der Waals surface area contributed by atoms with Gasteiger partial charge in [0.05, 0.1) is 5.69 Å². The zero-order chi connectivity index (χ0) is 17.9. The lowest BCUT2D eigenvalue weighted by Gasteiger charge is -2.17. The van der Waals surface area contributed by atoms with E-state index in [0.29, 0.717) is 22.8 Å². The molecular formula is C20H23N3O2S. The average Bonchev–Trinajstić information content (AvgIpc) is 3.30. The number of hydrogen-bond donors (Lipinski definition) is 0. The van der Waals surface area contributed by atoms with E-state index in [2.05, 4.69) is 47.2 Å². The predicted molar refractivity (Wildman–Crippen MR) is 101 cm³/mol. The number of hydrogen-bond acceptors (Lipinski definition) is 6. The maximum absolute atomic E-state index is 5.85. The van der Waals surface area contributed by atoms with Gasteiger partial charge in [0.2, 0.25) is 11.8 Å². The highest BCUT2D eigenvalue weighted by Gasteiger charge is 2.21. The van der Waals surface area contributed by atoms with E-state index in [0.717, 1.165) is 30.0 Å². The Morgan fingerprint density at radius 3 is 2.77 bits per heavy atom. The first kappa shape index (κ1) is 17.3. The van der Waals surface area contributed by atoms with Crippen LogP contribution in [0.3, 0.4) is 0 Å². The fraction of sp³-hybridized carbons (Fsp3) is 0.450. The first-order valence-electron chi connectivity index (χ1n) is 9.17. The van der Waals surface area contributed by atoms with Crippen LogP contribution >= 0.6 is 11.8 Å². The molecule has 0 atom stereocenters. The van der Waals surface area contributed by atoms with Gasteiger partial charge in [-0.3, -0.25) is 0 Å². The van der Waals surface area contributed by atoms with E-state index in [4.69, 9.17) is 8.83 Å². The Hall–Kier alpha value is -2.08. The molecule has 0 aliphatic heterocycles. The standard InChI is InChI=1S/C20H23N3O2S/c1-13-8-9-17(14(2)10-13)19-21-16(11-24-19)12-26-20-23-22-18(25-20)15-6-4-3-5-7-15/h8-11,15H,3-7,12H2,1-2H3. The van der Waals surface area contributed by atoms with E-state index in [1.165, 1.54) is 42.2 Å². The largest absolute Gasteiger partial charge is 0.444 e. The van der Waals surface area contributed by atoms with Crippen molar-refractivity contribution in [2.45, 2.75) is 62.8 Å². The summed E-state index contributed by atoms with van der Waals surface area (Å²) in [6, 6.07) is 6.27. The van der Waals surface area contributed by atoms with Gasteiger partial charge in [-0.05, 0) is 38.3 Å². The SMILES string of the molecule is Cc1ccc(-c2nc(CSc3nnc(C4CCCCC4)o3)co2)c(C)c1. The molecule has 1 fully saturated rings. The Labute approximate surface area is 157 Å². The van der Waals surface area contributed by atoms with Crippen molar-refractivity contribution < 1.29 is 8.83 Å². The summed E-state index contributed by atoms with van der Waals surface area (Å²) in [4.78, 5) is 4.61. The second kappa shape index (κ2) is 7.66. The molecule has 0 spiro atoms. The maximum atomic E-state index is 5.85. The van der Waals surface area contributed by atoms with E-state index >= 15 is 0 Å². The van der Waals surface area contributed by atoms with Gasteiger partial charge in [-0.1, -0.05) is 48.7 Å². The zero-order valence-electron chi connectivity index (χ0n) is 15.2. The maximum Gasteiger partial charge on any atom is 0.276 e. The molecule has 136 valence electrons. The fourth-order valence-electron chi connectivity index (χ4n) is 3.48. The summed E-state index contributed by atoms with van der Waals surface area (Å²) in [7, 11) is 0. The van der Waals surface area contributed by atoms with Crippen molar-refractivity contribution in [3.05, 3.63) is 47.2 Å². The van der Waals surface area contributed by atoms with Crippen LogP contribution in [0.15, 0.2) is 38.5 Å². The number of nitrogens with zero attached hydrogens (tertiary/aromatic N) is 3. The molecule has 26 heavy (non-hydrogen) atoms. The van der Waals surface area contributed by atoms with E-state index in [9.17, 15) is 0 Å². The first-order chi connectivity index (χ1) is 12.7. The highest BCUT2D eigenvalue weighted by Crippen LogP contribution is 2.33. The topological polar surface area (TPSA) is 65.0 Å². The van der Waals surface area contributed by atoms with Crippen molar-refractivity contribution in [3.8, 4) is 11.5 Å². The third-order valence-electron chi connectivity index (χ3n) is 4.88. The average molecular weight is 369 g/mol. The second-order valence-corrected chi connectivity index (χ2v) is 7.92. The second-order valence-electron chi connectivity index (χ2n) is 6.99. The van der Waals surface area contributed by atoms with Gasteiger partial charge in [0.25, 0.3) is 5.22 Å². The van der Waals surface area contributed by atoms with Crippen molar-refractivity contribution in [1.29, 1.82) is 0 Å². The highest BCUT2D eigenvalue weighted by molar-refractivity contribution is 7.98. The molecule has 3 aromatic rings. The number of aryl methyl sites for hydroxylation is 2. The van der Waals surface area contributed by atoms with Crippen molar-refractivity contribution in [3.63, 3.8) is 0 Å². The summed E-state index contributed by atoms with van der Waals surface area (Å²) in [5.74, 6) is 2.55. The number of rotatable bonds is 5. The minimum atomic E-state index is 0.439. The summed E-state index contributed by atoms with van der Waals surface area (Å²) < 4.78 is 11.5. The van der Waals surface area contributed by atoms with Gasteiger partial charge in [0.15, 0.2) is 0 Å². The lowest BCUT2D eigenvalue weighted by molar-refractivity contribution is 0.334. The van der Waals surface area contributed by atoms with Crippen LogP contribution < -0.4 is 0 Å². The quantitative estimate of drug-likeness (QED) is 0.539. The minimum Gasteiger partial charge on any atom is -0.444 e. The van der Waals surface area contributed by atoms with Crippen LogP contribution in [0.1, 0.15) is 60.7 Å². The smallest absolute Gasteiger partial charge is 0.276 e. The molecule has 0 amide bonds. The molecule has 2 heterocycles. The Morgan fingerprint density at radius 1 is 1.12 bits per heavy atom. The molecule has 2 aromatic heterocycles. The normalized spacial score (nSPS) is 15.5. The molecular weight excluding hydrogens is 346 g/mol. The molecule has 0 unspecified atom stereocenters. The van der Waals surface area contributed by atoms with Gasteiger partial charge in [-0.2, -0.15) is 0 Å². The van der Waals surface area contributed by atoms with Gasteiger partial charge < -0.3 is 8.83 Å². The number of aromatic nitrogens is 3. The summed E-state index contributed by atoms with van der Waals surface area (Å²) in [6.45, 7) is 4.16. The van der Waals surface area contributed by atoms with Crippen LogP contribution in [0.4, 0.5) is 0 Å². The van der Waals surface area contributed by atoms with Crippen molar-refractivity contribution in [1.82, 2.24) is 15.2 Å². The summed E-state index contributed by atoms with van der Waals surface area (Å²) in [5, 5.41) is 9.04. The Bertz CT molecular complexity index is 881. The molecule has 6 heteroatoms.